The quantitative estimate of drug-likeness (QED) is 0.175. The molecule has 2 N–H and O–H groups in total. The van der Waals surface area contributed by atoms with Crippen LogP contribution in [0.15, 0.2) is 36.2 Å². The maximum absolute atomic E-state index is 14.9. The second-order valence-electron chi connectivity index (χ2n) is 20.3. The second-order valence-corrected chi connectivity index (χ2v) is 23.5. The highest BCUT2D eigenvalue weighted by Crippen LogP contribution is 2.47. The molecule has 6 aliphatic rings. The minimum absolute atomic E-state index is 0.0624. The second kappa shape index (κ2) is 19.6. The molecule has 2 saturated carbocycles. The van der Waals surface area contributed by atoms with Gasteiger partial charge in [0.2, 0.25) is 15.9 Å². The number of nitrogens with one attached hydrogen (secondary N) is 2. The molecule has 6 atom stereocenters. The smallest absolute Gasteiger partial charge is 0.410 e. The van der Waals surface area contributed by atoms with Gasteiger partial charge in [0.05, 0.1) is 47.8 Å². The van der Waals surface area contributed by atoms with Gasteiger partial charge < -0.3 is 33.9 Å². The van der Waals surface area contributed by atoms with Crippen LogP contribution in [0.4, 0.5) is 4.79 Å². The number of nitrogens with zero attached hydrogens (tertiary/aromatic N) is 5. The first-order chi connectivity index (χ1) is 32.4. The SMILES string of the molecule is C=C[C@@H]1C[C@]1(NC(=O)[C@@H]1C[C@@H](Oc2cc(-c3nc(C(C)C)cs3)nc3c(Cl)c(OCCN4CCOCC4)ccc23)[C@H]2CN(C(=O)OC(C)(C)C)[C@H](C3CCOCC3)CN21)C(=O)NS(=O)(=O)C1CC1. The Morgan fingerprint density at radius 1 is 1.03 bits per heavy atom. The number of rotatable bonds is 15. The van der Waals surface area contributed by atoms with E-state index in [1.54, 1.807) is 6.08 Å². The molecular formula is C48H64ClN7O10S2. The summed E-state index contributed by atoms with van der Waals surface area (Å²) in [4.78, 5) is 59.3. The zero-order valence-electron chi connectivity index (χ0n) is 39.5. The Hall–Kier alpha value is -4.11. The fourth-order valence-electron chi connectivity index (χ4n) is 10.0. The molecule has 20 heteroatoms. The van der Waals surface area contributed by atoms with Crippen LogP contribution in [0.25, 0.3) is 21.6 Å². The first kappa shape index (κ1) is 48.9. The molecule has 0 radical (unpaired) electrons. The van der Waals surface area contributed by atoms with Gasteiger partial charge in [-0.2, -0.15) is 0 Å². The van der Waals surface area contributed by atoms with Crippen LogP contribution in [0.2, 0.25) is 5.02 Å². The number of sulfonamides is 1. The van der Waals surface area contributed by atoms with Crippen LogP contribution in [0.5, 0.6) is 11.5 Å². The van der Waals surface area contributed by atoms with Crippen LogP contribution in [0.3, 0.4) is 0 Å². The number of carbonyl (C=O) groups excluding carboxylic acids is 3. The molecule has 4 aliphatic heterocycles. The zero-order chi connectivity index (χ0) is 48.1. The number of morpholine rings is 1. The first-order valence-corrected chi connectivity index (χ1v) is 26.8. The van der Waals surface area contributed by atoms with Crippen molar-refractivity contribution in [2.75, 3.05) is 65.8 Å². The number of hydrogen-bond acceptors (Lipinski definition) is 15. The van der Waals surface area contributed by atoms with E-state index in [2.05, 4.69) is 40.3 Å². The first-order valence-electron chi connectivity index (χ1n) is 24.0. The Kier molecular flexibility index (Phi) is 14.1. The van der Waals surface area contributed by atoms with Crippen molar-refractivity contribution in [2.24, 2.45) is 11.8 Å². The molecule has 2 aliphatic carbocycles. The van der Waals surface area contributed by atoms with Gasteiger partial charge in [0, 0.05) is 75.1 Å². The van der Waals surface area contributed by atoms with Crippen molar-refractivity contribution < 1.29 is 46.5 Å². The molecule has 3 aromatic rings. The highest BCUT2D eigenvalue weighted by Gasteiger charge is 2.63. The molecule has 6 fully saturated rings. The average Bonchev–Trinajstić information content (AvgIpc) is 4.21. The molecule has 370 valence electrons. The number of aromatic nitrogens is 2. The summed E-state index contributed by atoms with van der Waals surface area (Å²) >= 11 is 8.69. The number of pyridine rings is 1. The van der Waals surface area contributed by atoms with E-state index in [9.17, 15) is 22.8 Å². The van der Waals surface area contributed by atoms with Crippen molar-refractivity contribution >= 4 is 61.8 Å². The number of halogens is 1. The highest BCUT2D eigenvalue weighted by molar-refractivity contribution is 7.91. The third-order valence-electron chi connectivity index (χ3n) is 14.1. The molecule has 6 heterocycles. The molecule has 3 amide bonds. The number of hydrogen-bond donors (Lipinski definition) is 2. The van der Waals surface area contributed by atoms with E-state index in [0.29, 0.717) is 97.1 Å². The molecule has 0 spiro atoms. The lowest BCUT2D eigenvalue weighted by molar-refractivity contribution is -0.133. The summed E-state index contributed by atoms with van der Waals surface area (Å²) in [5.74, 6) is -0.475. The van der Waals surface area contributed by atoms with Gasteiger partial charge in [0.25, 0.3) is 5.91 Å². The third kappa shape index (κ3) is 10.4. The summed E-state index contributed by atoms with van der Waals surface area (Å²) in [7, 11) is -3.89. The fourth-order valence-corrected chi connectivity index (χ4v) is 12.6. The number of carbonyl (C=O) groups is 3. The van der Waals surface area contributed by atoms with E-state index in [-0.39, 0.29) is 37.3 Å². The summed E-state index contributed by atoms with van der Waals surface area (Å²) in [5.41, 5.74) is -0.303. The monoisotopic (exact) mass is 997 g/mol. The number of fused-ring (bicyclic) bond motifs is 2. The topological polar surface area (TPSA) is 191 Å². The zero-order valence-corrected chi connectivity index (χ0v) is 41.9. The molecule has 0 bridgehead atoms. The lowest BCUT2D eigenvalue weighted by atomic mass is 9.88. The Labute approximate surface area is 407 Å². The van der Waals surface area contributed by atoms with E-state index in [1.165, 1.54) is 11.3 Å². The van der Waals surface area contributed by atoms with Gasteiger partial charge in [0.1, 0.15) is 51.1 Å². The molecule has 4 saturated heterocycles. The minimum atomic E-state index is -3.89. The van der Waals surface area contributed by atoms with Crippen molar-refractivity contribution in [3.63, 3.8) is 0 Å². The molecule has 0 unspecified atom stereocenters. The summed E-state index contributed by atoms with van der Waals surface area (Å²) in [5, 5.41) is 6.05. The summed E-state index contributed by atoms with van der Waals surface area (Å²) in [6.45, 7) is 19.3. The van der Waals surface area contributed by atoms with Gasteiger partial charge in [-0.3, -0.25) is 24.1 Å². The highest BCUT2D eigenvalue weighted by atomic mass is 35.5. The van der Waals surface area contributed by atoms with Crippen LogP contribution in [0, 0.1) is 11.8 Å². The normalized spacial score (nSPS) is 27.2. The lowest BCUT2D eigenvalue weighted by Gasteiger charge is -2.49. The summed E-state index contributed by atoms with van der Waals surface area (Å²) in [6.07, 6.45) is 3.25. The van der Waals surface area contributed by atoms with E-state index in [1.807, 2.05) is 49.3 Å². The third-order valence-corrected chi connectivity index (χ3v) is 17.2. The lowest BCUT2D eigenvalue weighted by Crippen LogP contribution is -2.65. The molecule has 9 rings (SSSR count). The van der Waals surface area contributed by atoms with E-state index in [0.717, 1.165) is 31.6 Å². The molecular weight excluding hydrogens is 934 g/mol. The average molecular weight is 999 g/mol. The number of ether oxygens (including phenoxy) is 5. The predicted octanol–water partition coefficient (Wildman–Crippen LogP) is 5.75. The number of benzene rings is 1. The standard InChI is InChI=1S/C48H64ClN7O10S2/c1-7-30-24-48(30,45(58)53-68(60,61)31-8-9-31)52-43(57)35-23-40(37-26-56(46(59)66-47(4,5)6)36(25-55(35)37)29-12-17-62-18-13-29)65-39-22-33(44-51-34(27-67-44)28(2)3)50-42-32(39)10-11-38(41(42)49)64-21-16-54-14-19-63-20-15-54/h7,10-11,22,27-31,35-37,40H,1,8-9,12-21,23-26H2,2-6H3,(H,52,57)(H,53,58)/t30-,35+,36+,37-,40-,48-/m1/s1. The maximum Gasteiger partial charge on any atom is 0.410 e. The molecule has 17 nitrogen and oxygen atoms in total. The van der Waals surface area contributed by atoms with Crippen molar-refractivity contribution in [1.29, 1.82) is 0 Å². The molecule has 68 heavy (non-hydrogen) atoms. The Balaban J connectivity index is 1.07. The molecule has 1 aromatic carbocycles. The van der Waals surface area contributed by atoms with Gasteiger partial charge in [-0.15, -0.1) is 17.9 Å². The van der Waals surface area contributed by atoms with E-state index < -0.39 is 68.4 Å². The largest absolute Gasteiger partial charge is 0.491 e. The van der Waals surface area contributed by atoms with Crippen molar-refractivity contribution in [1.82, 2.24) is 34.7 Å². The Bertz CT molecular complexity index is 2500. The number of piperazine rings is 1. The fraction of sp³-hybridized carbons (Fsp3) is 0.646. The maximum atomic E-state index is 14.9. The van der Waals surface area contributed by atoms with E-state index >= 15 is 0 Å². The molecule has 2 aromatic heterocycles. The van der Waals surface area contributed by atoms with Crippen LogP contribution < -0.4 is 19.5 Å². The van der Waals surface area contributed by atoms with Gasteiger partial charge in [0.15, 0.2) is 0 Å². The Morgan fingerprint density at radius 3 is 2.43 bits per heavy atom. The Morgan fingerprint density at radius 2 is 1.76 bits per heavy atom. The van der Waals surface area contributed by atoms with Crippen LogP contribution >= 0.6 is 22.9 Å². The van der Waals surface area contributed by atoms with Crippen LogP contribution in [-0.4, -0.2) is 157 Å². The van der Waals surface area contributed by atoms with Crippen molar-refractivity contribution in [3.8, 4) is 22.2 Å². The van der Waals surface area contributed by atoms with Gasteiger partial charge in [-0.05, 0) is 76.8 Å². The summed E-state index contributed by atoms with van der Waals surface area (Å²) in [6, 6.07) is 3.90. The van der Waals surface area contributed by atoms with Crippen LogP contribution in [-0.2, 0) is 33.8 Å². The van der Waals surface area contributed by atoms with E-state index in [4.69, 9.17) is 45.3 Å². The van der Waals surface area contributed by atoms with Crippen LogP contribution in [0.1, 0.15) is 84.8 Å². The number of thiazole rings is 1. The van der Waals surface area contributed by atoms with Crippen molar-refractivity contribution in [3.05, 3.63) is 47.0 Å². The van der Waals surface area contributed by atoms with Gasteiger partial charge >= 0.3 is 6.09 Å². The predicted molar refractivity (Wildman–Crippen MR) is 258 cm³/mol. The number of amides is 3. The summed E-state index contributed by atoms with van der Waals surface area (Å²) < 4.78 is 59.0. The minimum Gasteiger partial charge on any atom is -0.491 e. The van der Waals surface area contributed by atoms with Gasteiger partial charge in [-0.25, -0.2) is 23.2 Å². The van der Waals surface area contributed by atoms with Gasteiger partial charge in [-0.1, -0.05) is 31.5 Å². The van der Waals surface area contributed by atoms with Crippen molar-refractivity contribution in [2.45, 2.75) is 120 Å².